The summed E-state index contributed by atoms with van der Waals surface area (Å²) in [5.41, 5.74) is 4.95. The molecular formula is C19H29N5O6S. The van der Waals surface area contributed by atoms with Crippen LogP contribution in [-0.2, 0) is 19.6 Å². The largest absolute Gasteiger partial charge is 0.461 e. The Hall–Kier alpha value is -2.99. The lowest BCUT2D eigenvalue weighted by molar-refractivity contribution is -0.384. The van der Waals surface area contributed by atoms with Crippen LogP contribution in [0.2, 0.25) is 0 Å². The standard InChI is InChI=1S/C19H29N5O6S/c1-5-6-7-8-14(2)15(3)30-18(25)13-23(22(4)19(20)21)31(28,29)17-11-9-16(10-12-17)24(26)27/h5,9-12,14-15H,1,6-8,13H2,2-4H3,(H3,20,21)/t14-,15+/m0/s1/i4D3. The maximum atomic E-state index is 13.2. The van der Waals surface area contributed by atoms with E-state index in [1.165, 1.54) is 0 Å². The molecule has 1 aromatic carbocycles. The summed E-state index contributed by atoms with van der Waals surface area (Å²) in [4.78, 5) is 22.2. The summed E-state index contributed by atoms with van der Waals surface area (Å²) in [6.45, 7) is 2.76. The fourth-order valence-electron chi connectivity index (χ4n) is 2.53. The Labute approximate surface area is 186 Å². The van der Waals surface area contributed by atoms with E-state index in [0.29, 0.717) is 6.42 Å². The van der Waals surface area contributed by atoms with Crippen molar-refractivity contribution >= 4 is 27.6 Å². The molecule has 0 bridgehead atoms. The zero-order chi connectivity index (χ0) is 26.3. The minimum atomic E-state index is -4.80. The van der Waals surface area contributed by atoms with Gasteiger partial charge in [0.15, 0.2) is 0 Å². The number of allylic oxidation sites excluding steroid dienone is 1. The number of nitrogens with one attached hydrogen (secondary N) is 1. The minimum absolute atomic E-state index is 0.0246. The molecule has 0 unspecified atom stereocenters. The number of sulfonamides is 1. The molecule has 1 aromatic rings. The Kier molecular flexibility index (Phi) is 7.82. The van der Waals surface area contributed by atoms with Crippen molar-refractivity contribution in [2.75, 3.05) is 13.5 Å². The van der Waals surface area contributed by atoms with Crippen LogP contribution >= 0.6 is 0 Å². The molecule has 0 radical (unpaired) electrons. The lowest BCUT2D eigenvalue weighted by atomic mass is 9.99. The monoisotopic (exact) mass is 458 g/mol. The van der Waals surface area contributed by atoms with Crippen molar-refractivity contribution in [1.29, 1.82) is 5.41 Å². The number of carbonyl (C=O) groups is 1. The molecule has 0 heterocycles. The maximum Gasteiger partial charge on any atom is 0.323 e. The van der Waals surface area contributed by atoms with Crippen LogP contribution in [-0.4, -0.2) is 54.3 Å². The first-order valence-electron chi connectivity index (χ1n) is 10.8. The Bertz CT molecular complexity index is 1000. The van der Waals surface area contributed by atoms with Crippen LogP contribution in [0.3, 0.4) is 0 Å². The Morgan fingerprint density at radius 2 is 2.03 bits per heavy atom. The van der Waals surface area contributed by atoms with Gasteiger partial charge in [-0.15, -0.1) is 6.58 Å². The van der Waals surface area contributed by atoms with E-state index >= 15 is 0 Å². The van der Waals surface area contributed by atoms with Crippen molar-refractivity contribution in [1.82, 2.24) is 9.42 Å². The summed E-state index contributed by atoms with van der Waals surface area (Å²) in [5.74, 6) is -2.30. The number of non-ortho nitro benzene ring substituents is 1. The predicted octanol–water partition coefficient (Wildman–Crippen LogP) is 2.25. The van der Waals surface area contributed by atoms with Crippen molar-refractivity contribution in [3.8, 4) is 0 Å². The van der Waals surface area contributed by atoms with Gasteiger partial charge in [-0.2, -0.15) is 0 Å². The number of hydrogen-bond acceptors (Lipinski definition) is 7. The van der Waals surface area contributed by atoms with E-state index in [2.05, 4.69) is 6.58 Å². The summed E-state index contributed by atoms with van der Waals surface area (Å²) in [6, 6.07) is 3.58. The van der Waals surface area contributed by atoms with Crippen LogP contribution in [0.1, 0.15) is 37.2 Å². The number of carbonyl (C=O) groups excluding carboxylic acids is 1. The normalized spacial score (nSPS) is 15.1. The zero-order valence-electron chi connectivity index (χ0n) is 20.4. The molecule has 0 aromatic heterocycles. The summed E-state index contributed by atoms with van der Waals surface area (Å²) in [5, 5.41) is 18.4. The summed E-state index contributed by atoms with van der Waals surface area (Å²) >= 11 is 0. The average molecular weight is 459 g/mol. The third-order valence-corrected chi connectivity index (χ3v) is 6.24. The van der Waals surface area contributed by atoms with Crippen molar-refractivity contribution < 1.29 is 27.0 Å². The molecule has 0 saturated heterocycles. The number of rotatable bonds is 12. The van der Waals surface area contributed by atoms with E-state index in [9.17, 15) is 23.3 Å². The molecule has 2 atom stereocenters. The van der Waals surface area contributed by atoms with Gasteiger partial charge in [-0.25, -0.2) is 8.42 Å². The van der Waals surface area contributed by atoms with Gasteiger partial charge in [0.2, 0.25) is 5.96 Å². The molecular weight excluding hydrogens is 426 g/mol. The second-order valence-electron chi connectivity index (χ2n) is 6.83. The van der Waals surface area contributed by atoms with Gasteiger partial charge in [0, 0.05) is 23.2 Å². The first-order valence-corrected chi connectivity index (χ1v) is 10.8. The van der Waals surface area contributed by atoms with Crippen LogP contribution in [0.15, 0.2) is 41.8 Å². The average Bonchev–Trinajstić information content (AvgIpc) is 2.72. The van der Waals surface area contributed by atoms with E-state index in [1.54, 1.807) is 13.0 Å². The molecule has 0 amide bonds. The lowest BCUT2D eigenvalue weighted by Gasteiger charge is -2.31. The quantitative estimate of drug-likeness (QED) is 0.0917. The number of nitrogens with zero attached hydrogens (tertiary/aromatic N) is 3. The van der Waals surface area contributed by atoms with Gasteiger partial charge in [0.25, 0.3) is 15.7 Å². The molecule has 0 aliphatic rings. The van der Waals surface area contributed by atoms with E-state index in [1.807, 2.05) is 6.92 Å². The third kappa shape index (κ3) is 7.33. The Balaban J connectivity index is 3.28. The number of nitro benzene ring substituents is 1. The molecule has 12 heteroatoms. The number of benzene rings is 1. The molecule has 31 heavy (non-hydrogen) atoms. The molecule has 1 rings (SSSR count). The number of unbranched alkanes of at least 4 members (excludes halogenated alkanes) is 1. The lowest BCUT2D eigenvalue weighted by Crippen LogP contribution is -2.52. The first-order chi connectivity index (χ1) is 15.6. The van der Waals surface area contributed by atoms with Crippen molar-refractivity contribution in [2.24, 2.45) is 11.7 Å². The van der Waals surface area contributed by atoms with Gasteiger partial charge >= 0.3 is 5.97 Å². The molecule has 0 saturated carbocycles. The molecule has 11 nitrogen and oxygen atoms in total. The number of nitrogens with two attached hydrogens (primary N) is 1. The summed E-state index contributed by atoms with van der Waals surface area (Å²) < 4.78 is 54.7. The van der Waals surface area contributed by atoms with Crippen molar-refractivity contribution in [3.05, 3.63) is 47.0 Å². The SMILES string of the molecule is [2H]C([2H])([2H])N(C(=N)N)N(CC(=O)O[C@H](C)[C@@H](C)CCCC=C)S(=O)(=O)c1ccc([N+](=O)[O-])cc1. The smallest absolute Gasteiger partial charge is 0.323 e. The maximum absolute atomic E-state index is 13.2. The van der Waals surface area contributed by atoms with Gasteiger partial charge in [-0.3, -0.25) is 25.3 Å². The van der Waals surface area contributed by atoms with Gasteiger partial charge in [-0.1, -0.05) is 17.4 Å². The van der Waals surface area contributed by atoms with E-state index in [-0.39, 0.29) is 15.3 Å². The molecule has 0 fully saturated rings. The minimum Gasteiger partial charge on any atom is -0.461 e. The number of guanidine groups is 1. The number of ether oxygens (including phenoxy) is 1. The fourth-order valence-corrected chi connectivity index (χ4v) is 3.84. The highest BCUT2D eigenvalue weighted by molar-refractivity contribution is 7.89. The van der Waals surface area contributed by atoms with Crippen molar-refractivity contribution in [2.45, 2.75) is 44.1 Å². The summed E-state index contributed by atoms with van der Waals surface area (Å²) in [6.07, 6.45) is 3.44. The summed E-state index contributed by atoms with van der Waals surface area (Å²) in [7, 11) is -4.80. The number of hydrazine groups is 1. The molecule has 0 aliphatic carbocycles. The van der Waals surface area contributed by atoms with Crippen LogP contribution in [0.4, 0.5) is 5.69 Å². The topological polar surface area (TPSA) is 160 Å². The molecule has 172 valence electrons. The number of hydrogen-bond donors (Lipinski definition) is 2. The van der Waals surface area contributed by atoms with Crippen LogP contribution in [0.5, 0.6) is 0 Å². The van der Waals surface area contributed by atoms with Gasteiger partial charge in [0.05, 0.1) is 9.82 Å². The van der Waals surface area contributed by atoms with Gasteiger partial charge in [0.1, 0.15) is 12.6 Å². The predicted molar refractivity (Wildman–Crippen MR) is 115 cm³/mol. The van der Waals surface area contributed by atoms with E-state index in [0.717, 1.165) is 37.1 Å². The highest BCUT2D eigenvalue weighted by Gasteiger charge is 2.33. The van der Waals surface area contributed by atoms with Gasteiger partial charge in [-0.05, 0) is 44.2 Å². The highest BCUT2D eigenvalue weighted by Crippen LogP contribution is 2.21. The second-order valence-corrected chi connectivity index (χ2v) is 8.67. The first kappa shape index (κ1) is 21.2. The van der Waals surface area contributed by atoms with Crippen LogP contribution in [0.25, 0.3) is 0 Å². The number of nitro groups is 1. The van der Waals surface area contributed by atoms with E-state index < -0.39 is 57.1 Å². The molecule has 3 N–H and O–H groups in total. The second kappa shape index (κ2) is 11.4. The van der Waals surface area contributed by atoms with Crippen molar-refractivity contribution in [3.63, 3.8) is 0 Å². The van der Waals surface area contributed by atoms with Crippen LogP contribution < -0.4 is 5.73 Å². The molecule has 0 spiro atoms. The number of esters is 1. The van der Waals surface area contributed by atoms with Gasteiger partial charge < -0.3 is 10.5 Å². The van der Waals surface area contributed by atoms with Crippen LogP contribution in [0, 0.1) is 21.4 Å². The Morgan fingerprint density at radius 1 is 1.42 bits per heavy atom. The molecule has 0 aliphatic heterocycles. The fraction of sp³-hybridized carbons (Fsp3) is 0.474. The Morgan fingerprint density at radius 3 is 2.52 bits per heavy atom. The van der Waals surface area contributed by atoms with E-state index in [4.69, 9.17) is 20.0 Å². The third-order valence-electron chi connectivity index (χ3n) is 4.52. The highest BCUT2D eigenvalue weighted by atomic mass is 32.2. The zero-order valence-corrected chi connectivity index (χ0v) is 18.2.